The quantitative estimate of drug-likeness (QED) is 0.536. The molecule has 0 saturated carbocycles. The Morgan fingerprint density at radius 2 is 2.05 bits per heavy atom. The van der Waals surface area contributed by atoms with Crippen molar-refractivity contribution in [2.45, 2.75) is 12.5 Å². The van der Waals surface area contributed by atoms with Crippen LogP contribution in [0.4, 0.5) is 0 Å². The fraction of sp³-hybridized carbons (Fsp3) is 0.364. The summed E-state index contributed by atoms with van der Waals surface area (Å²) in [6.07, 6.45) is -0.111. The third-order valence-electron chi connectivity index (χ3n) is 2.26. The standard InChI is InChI=1S/C11H13BrN2O6/c12-8-2-1-7(20-8)10(17)13-5-9(16)14-6(3-4-15)11(18)19/h1-2,6,15H,3-5H2,(H,13,17)(H,14,16)(H,18,19)/t6-/m0/s1. The second-order valence-corrected chi connectivity index (χ2v) is 4.54. The van der Waals surface area contributed by atoms with Gasteiger partial charge in [-0.25, -0.2) is 4.79 Å². The van der Waals surface area contributed by atoms with Crippen molar-refractivity contribution in [3.8, 4) is 0 Å². The van der Waals surface area contributed by atoms with Gasteiger partial charge in [-0.1, -0.05) is 0 Å². The molecule has 0 bridgehead atoms. The van der Waals surface area contributed by atoms with E-state index in [0.717, 1.165) is 0 Å². The van der Waals surface area contributed by atoms with Crippen molar-refractivity contribution in [1.29, 1.82) is 0 Å². The van der Waals surface area contributed by atoms with Crippen molar-refractivity contribution in [2.75, 3.05) is 13.2 Å². The van der Waals surface area contributed by atoms with Crippen LogP contribution < -0.4 is 10.6 Å². The fourth-order valence-corrected chi connectivity index (χ4v) is 1.62. The number of carboxylic acids is 1. The van der Waals surface area contributed by atoms with Gasteiger partial charge in [-0.15, -0.1) is 0 Å². The highest BCUT2D eigenvalue weighted by atomic mass is 79.9. The molecule has 1 rings (SSSR count). The number of carboxylic acid groups (broad SMARTS) is 1. The molecule has 9 heteroatoms. The highest BCUT2D eigenvalue weighted by Crippen LogP contribution is 2.13. The topological polar surface area (TPSA) is 129 Å². The minimum atomic E-state index is -1.26. The maximum absolute atomic E-state index is 11.5. The van der Waals surface area contributed by atoms with Gasteiger partial charge in [0, 0.05) is 13.0 Å². The van der Waals surface area contributed by atoms with Gasteiger partial charge in [0.25, 0.3) is 5.91 Å². The van der Waals surface area contributed by atoms with Crippen LogP contribution in [0.3, 0.4) is 0 Å². The van der Waals surface area contributed by atoms with E-state index in [1.165, 1.54) is 12.1 Å². The lowest BCUT2D eigenvalue weighted by molar-refractivity contribution is -0.142. The second kappa shape index (κ2) is 7.65. The molecule has 0 spiro atoms. The lowest BCUT2D eigenvalue weighted by atomic mass is 10.2. The van der Waals surface area contributed by atoms with Crippen molar-refractivity contribution in [3.05, 3.63) is 22.6 Å². The van der Waals surface area contributed by atoms with E-state index in [1.54, 1.807) is 0 Å². The summed E-state index contributed by atoms with van der Waals surface area (Å²) in [4.78, 5) is 33.8. The van der Waals surface area contributed by atoms with Crippen molar-refractivity contribution in [3.63, 3.8) is 0 Å². The van der Waals surface area contributed by atoms with Crippen LogP contribution in [0.25, 0.3) is 0 Å². The van der Waals surface area contributed by atoms with Gasteiger partial charge >= 0.3 is 5.97 Å². The third-order valence-corrected chi connectivity index (χ3v) is 2.68. The monoisotopic (exact) mass is 348 g/mol. The van der Waals surface area contributed by atoms with E-state index in [-0.39, 0.29) is 18.8 Å². The van der Waals surface area contributed by atoms with Gasteiger partial charge in [-0.2, -0.15) is 0 Å². The molecule has 0 unspecified atom stereocenters. The minimum Gasteiger partial charge on any atom is -0.480 e. The maximum Gasteiger partial charge on any atom is 0.326 e. The lowest BCUT2D eigenvalue weighted by Crippen LogP contribution is -2.45. The highest BCUT2D eigenvalue weighted by Gasteiger charge is 2.19. The molecule has 0 fully saturated rings. The minimum absolute atomic E-state index is 0.0230. The summed E-state index contributed by atoms with van der Waals surface area (Å²) in [6, 6.07) is 1.75. The van der Waals surface area contributed by atoms with Crippen molar-refractivity contribution >= 4 is 33.7 Å². The Labute approximate surface area is 122 Å². The number of carbonyl (C=O) groups excluding carboxylic acids is 2. The molecule has 0 radical (unpaired) electrons. The predicted molar refractivity (Wildman–Crippen MR) is 70.0 cm³/mol. The number of furan rings is 1. The molecule has 0 aliphatic rings. The van der Waals surface area contributed by atoms with E-state index < -0.39 is 30.4 Å². The van der Waals surface area contributed by atoms with Gasteiger partial charge < -0.3 is 25.3 Å². The summed E-state index contributed by atoms with van der Waals surface area (Å²) in [6.45, 7) is -0.767. The zero-order valence-electron chi connectivity index (χ0n) is 10.3. The van der Waals surface area contributed by atoms with E-state index in [1.807, 2.05) is 0 Å². The summed E-state index contributed by atoms with van der Waals surface area (Å²) < 4.78 is 5.36. The van der Waals surface area contributed by atoms with Crippen molar-refractivity contribution in [1.82, 2.24) is 10.6 Å². The summed E-state index contributed by atoms with van der Waals surface area (Å²) in [5.74, 6) is -2.51. The Balaban J connectivity index is 2.42. The SMILES string of the molecule is O=C(CNC(=O)c1ccc(Br)o1)N[C@@H](CCO)C(=O)O. The van der Waals surface area contributed by atoms with Crippen molar-refractivity contribution in [2.24, 2.45) is 0 Å². The summed E-state index contributed by atoms with van der Waals surface area (Å²) >= 11 is 3.03. The van der Waals surface area contributed by atoms with Gasteiger partial charge in [-0.05, 0) is 28.1 Å². The predicted octanol–water partition coefficient (Wildman–Crippen LogP) is -0.276. The largest absolute Gasteiger partial charge is 0.480 e. The first-order chi connectivity index (χ1) is 9.43. The van der Waals surface area contributed by atoms with Crippen LogP contribution in [0, 0.1) is 0 Å². The smallest absolute Gasteiger partial charge is 0.326 e. The van der Waals surface area contributed by atoms with Gasteiger partial charge in [0.1, 0.15) is 6.04 Å². The first kappa shape index (κ1) is 16.2. The van der Waals surface area contributed by atoms with E-state index in [2.05, 4.69) is 26.6 Å². The lowest BCUT2D eigenvalue weighted by Gasteiger charge is -2.13. The Morgan fingerprint density at radius 3 is 2.55 bits per heavy atom. The highest BCUT2D eigenvalue weighted by molar-refractivity contribution is 9.10. The molecule has 0 aliphatic heterocycles. The Kier molecular flexibility index (Phi) is 6.19. The number of halogens is 1. The average molecular weight is 349 g/mol. The number of carbonyl (C=O) groups is 3. The number of aliphatic carboxylic acids is 1. The molecular weight excluding hydrogens is 336 g/mol. The molecule has 1 atom stereocenters. The molecule has 20 heavy (non-hydrogen) atoms. The molecule has 8 nitrogen and oxygen atoms in total. The van der Waals surface area contributed by atoms with Gasteiger partial charge in [0.15, 0.2) is 10.4 Å². The van der Waals surface area contributed by atoms with Crippen LogP contribution in [-0.2, 0) is 9.59 Å². The van der Waals surface area contributed by atoms with Gasteiger partial charge in [0.2, 0.25) is 5.91 Å². The molecule has 0 saturated heterocycles. The molecule has 2 amide bonds. The van der Waals surface area contributed by atoms with Crippen LogP contribution in [0.2, 0.25) is 0 Å². The Bertz CT molecular complexity index is 501. The van der Waals surface area contributed by atoms with E-state index in [0.29, 0.717) is 4.67 Å². The van der Waals surface area contributed by atoms with E-state index in [4.69, 9.17) is 14.6 Å². The van der Waals surface area contributed by atoms with Crippen molar-refractivity contribution < 1.29 is 29.0 Å². The number of aliphatic hydroxyl groups is 1. The number of aliphatic hydroxyl groups excluding tert-OH is 1. The van der Waals surface area contributed by atoms with Crippen LogP contribution in [0.1, 0.15) is 17.0 Å². The second-order valence-electron chi connectivity index (χ2n) is 3.76. The third kappa shape index (κ3) is 5.02. The maximum atomic E-state index is 11.5. The molecule has 1 heterocycles. The molecule has 1 aromatic rings. The van der Waals surface area contributed by atoms with Gasteiger partial charge in [-0.3, -0.25) is 9.59 Å². The van der Waals surface area contributed by atoms with Crippen LogP contribution in [0.5, 0.6) is 0 Å². The number of hydrogen-bond donors (Lipinski definition) is 4. The molecule has 110 valence electrons. The normalized spacial score (nSPS) is 11.7. The van der Waals surface area contributed by atoms with Crippen LogP contribution in [-0.4, -0.2) is 47.2 Å². The molecule has 4 N–H and O–H groups in total. The Hall–Kier alpha value is -1.87. The zero-order valence-corrected chi connectivity index (χ0v) is 11.8. The number of amides is 2. The van der Waals surface area contributed by atoms with E-state index >= 15 is 0 Å². The van der Waals surface area contributed by atoms with Gasteiger partial charge in [0.05, 0.1) is 6.54 Å². The van der Waals surface area contributed by atoms with Crippen LogP contribution >= 0.6 is 15.9 Å². The zero-order chi connectivity index (χ0) is 15.1. The molecular formula is C11H13BrN2O6. The first-order valence-electron chi connectivity index (χ1n) is 5.60. The average Bonchev–Trinajstić information content (AvgIpc) is 2.82. The number of rotatable bonds is 7. The summed E-state index contributed by atoms with van der Waals surface area (Å²) in [5.41, 5.74) is 0. The first-order valence-corrected chi connectivity index (χ1v) is 6.40. The summed E-state index contributed by atoms with van der Waals surface area (Å²) in [5, 5.41) is 21.9. The van der Waals surface area contributed by atoms with Crippen LogP contribution in [0.15, 0.2) is 21.2 Å². The molecule has 0 aliphatic carbocycles. The number of nitrogens with one attached hydrogen (secondary N) is 2. The molecule has 1 aromatic heterocycles. The van der Waals surface area contributed by atoms with E-state index in [9.17, 15) is 14.4 Å². The fourth-order valence-electron chi connectivity index (χ4n) is 1.32. The Morgan fingerprint density at radius 1 is 1.35 bits per heavy atom. The molecule has 0 aromatic carbocycles. The summed E-state index contributed by atoms with van der Waals surface area (Å²) in [7, 11) is 0. The number of hydrogen-bond acceptors (Lipinski definition) is 5.